The van der Waals surface area contributed by atoms with Gasteiger partial charge in [-0.3, -0.25) is 9.59 Å². The van der Waals surface area contributed by atoms with E-state index in [1.165, 1.54) is 6.92 Å². The highest BCUT2D eigenvalue weighted by Crippen LogP contribution is 2.19. The average Bonchev–Trinajstić information content (AvgIpc) is 2.21. The van der Waals surface area contributed by atoms with E-state index in [0.29, 0.717) is 5.56 Å². The third-order valence-electron chi connectivity index (χ3n) is 2.23. The number of hydrogen-bond donors (Lipinski definition) is 2. The van der Waals surface area contributed by atoms with Crippen molar-refractivity contribution in [3.63, 3.8) is 0 Å². The molecule has 0 fully saturated rings. The van der Waals surface area contributed by atoms with E-state index < -0.39 is 12.0 Å². The van der Waals surface area contributed by atoms with Crippen molar-refractivity contribution in [2.45, 2.75) is 19.9 Å². The molecule has 0 radical (unpaired) electrons. The topological polar surface area (TPSA) is 66.4 Å². The van der Waals surface area contributed by atoms with Gasteiger partial charge >= 0.3 is 5.97 Å². The molecule has 0 heterocycles. The summed E-state index contributed by atoms with van der Waals surface area (Å²) < 4.78 is 0.822. The van der Waals surface area contributed by atoms with Gasteiger partial charge in [-0.05, 0) is 31.5 Å². The lowest BCUT2D eigenvalue weighted by Crippen LogP contribution is -2.38. The Labute approximate surface area is 102 Å². The molecule has 0 aliphatic carbocycles. The molecular formula is C11H12BrNO3. The first kappa shape index (κ1) is 12.7. The SMILES string of the molecule is Cc1c(Br)cccc1C(=O)NC(C)C(=O)O. The highest BCUT2D eigenvalue weighted by atomic mass is 79.9. The molecular weight excluding hydrogens is 274 g/mol. The van der Waals surface area contributed by atoms with Gasteiger partial charge in [-0.2, -0.15) is 0 Å². The standard InChI is InChI=1S/C11H12BrNO3/c1-6-8(4-3-5-9(6)12)10(14)13-7(2)11(15)16/h3-5,7H,1-2H3,(H,13,14)(H,15,16). The Morgan fingerprint density at radius 1 is 1.44 bits per heavy atom. The van der Waals surface area contributed by atoms with E-state index >= 15 is 0 Å². The van der Waals surface area contributed by atoms with Gasteiger partial charge in [-0.1, -0.05) is 22.0 Å². The molecule has 86 valence electrons. The van der Waals surface area contributed by atoms with Crippen molar-refractivity contribution in [1.29, 1.82) is 0 Å². The summed E-state index contributed by atoms with van der Waals surface area (Å²) in [6.07, 6.45) is 0. The number of carbonyl (C=O) groups excluding carboxylic acids is 1. The minimum atomic E-state index is -1.05. The lowest BCUT2D eigenvalue weighted by molar-refractivity contribution is -0.138. The zero-order chi connectivity index (χ0) is 12.3. The minimum absolute atomic E-state index is 0.381. The first-order valence-corrected chi connectivity index (χ1v) is 5.51. The van der Waals surface area contributed by atoms with Gasteiger partial charge in [-0.15, -0.1) is 0 Å². The summed E-state index contributed by atoms with van der Waals surface area (Å²) in [5.74, 6) is -1.44. The number of aliphatic carboxylic acids is 1. The van der Waals surface area contributed by atoms with Gasteiger partial charge in [-0.25, -0.2) is 0 Å². The number of rotatable bonds is 3. The molecule has 0 saturated heterocycles. The molecule has 1 atom stereocenters. The van der Waals surface area contributed by atoms with Crippen LogP contribution in [-0.4, -0.2) is 23.0 Å². The van der Waals surface area contributed by atoms with Crippen LogP contribution < -0.4 is 5.32 Å². The number of carboxylic acid groups (broad SMARTS) is 1. The fourth-order valence-electron chi connectivity index (χ4n) is 1.19. The van der Waals surface area contributed by atoms with Gasteiger partial charge in [0, 0.05) is 10.0 Å². The van der Waals surface area contributed by atoms with E-state index in [0.717, 1.165) is 10.0 Å². The maximum atomic E-state index is 11.7. The second-order valence-corrected chi connectivity index (χ2v) is 4.30. The number of amides is 1. The molecule has 1 aromatic rings. The van der Waals surface area contributed by atoms with Crippen molar-refractivity contribution in [3.05, 3.63) is 33.8 Å². The predicted octanol–water partition coefficient (Wildman–Crippen LogP) is 1.96. The van der Waals surface area contributed by atoms with Gasteiger partial charge in [0.25, 0.3) is 5.91 Å². The lowest BCUT2D eigenvalue weighted by Gasteiger charge is -2.11. The first-order chi connectivity index (χ1) is 7.43. The number of carboxylic acids is 1. The Morgan fingerprint density at radius 2 is 2.06 bits per heavy atom. The molecule has 1 rings (SSSR count). The molecule has 16 heavy (non-hydrogen) atoms. The molecule has 5 heteroatoms. The monoisotopic (exact) mass is 285 g/mol. The van der Waals surface area contributed by atoms with Crippen molar-refractivity contribution in [2.24, 2.45) is 0 Å². The summed E-state index contributed by atoms with van der Waals surface area (Å²) in [5.41, 5.74) is 1.26. The van der Waals surface area contributed by atoms with Crippen LogP contribution in [-0.2, 0) is 4.79 Å². The molecule has 0 aliphatic heterocycles. The van der Waals surface area contributed by atoms with E-state index in [1.807, 2.05) is 6.07 Å². The fourth-order valence-corrected chi connectivity index (χ4v) is 1.56. The predicted molar refractivity (Wildman–Crippen MR) is 63.4 cm³/mol. The number of hydrogen-bond acceptors (Lipinski definition) is 2. The smallest absolute Gasteiger partial charge is 0.325 e. The van der Waals surface area contributed by atoms with Gasteiger partial charge in [0.05, 0.1) is 0 Å². The zero-order valence-corrected chi connectivity index (χ0v) is 10.5. The van der Waals surface area contributed by atoms with Gasteiger partial charge in [0.1, 0.15) is 6.04 Å². The van der Waals surface area contributed by atoms with Crippen LogP contribution in [0.25, 0.3) is 0 Å². The van der Waals surface area contributed by atoms with Crippen molar-refractivity contribution < 1.29 is 14.7 Å². The van der Waals surface area contributed by atoms with Crippen LogP contribution in [0.2, 0.25) is 0 Å². The highest BCUT2D eigenvalue weighted by Gasteiger charge is 2.17. The molecule has 0 aliphatic rings. The van der Waals surface area contributed by atoms with Crippen molar-refractivity contribution in [2.75, 3.05) is 0 Å². The first-order valence-electron chi connectivity index (χ1n) is 4.72. The maximum absolute atomic E-state index is 11.7. The molecule has 0 bridgehead atoms. The second-order valence-electron chi connectivity index (χ2n) is 3.45. The van der Waals surface area contributed by atoms with Crippen LogP contribution in [0.5, 0.6) is 0 Å². The molecule has 0 aromatic heterocycles. The second kappa shape index (κ2) is 5.12. The van der Waals surface area contributed by atoms with Gasteiger partial charge in [0.15, 0.2) is 0 Å². The lowest BCUT2D eigenvalue weighted by atomic mass is 10.1. The average molecular weight is 286 g/mol. The quantitative estimate of drug-likeness (QED) is 0.892. The summed E-state index contributed by atoms with van der Waals surface area (Å²) in [6, 6.07) is 4.32. The van der Waals surface area contributed by atoms with Crippen molar-refractivity contribution in [3.8, 4) is 0 Å². The van der Waals surface area contributed by atoms with E-state index in [2.05, 4.69) is 21.2 Å². The van der Waals surface area contributed by atoms with Crippen LogP contribution in [0.3, 0.4) is 0 Å². The highest BCUT2D eigenvalue weighted by molar-refractivity contribution is 9.10. The molecule has 2 N–H and O–H groups in total. The summed E-state index contributed by atoms with van der Waals surface area (Å²) in [6.45, 7) is 3.22. The van der Waals surface area contributed by atoms with E-state index in [4.69, 9.17) is 5.11 Å². The van der Waals surface area contributed by atoms with Crippen LogP contribution in [0.15, 0.2) is 22.7 Å². The summed E-state index contributed by atoms with van der Waals surface area (Å²) in [5, 5.41) is 11.1. The number of nitrogens with one attached hydrogen (secondary N) is 1. The van der Waals surface area contributed by atoms with E-state index in [-0.39, 0.29) is 5.91 Å². The molecule has 0 spiro atoms. The van der Waals surface area contributed by atoms with E-state index in [9.17, 15) is 9.59 Å². The van der Waals surface area contributed by atoms with Crippen molar-refractivity contribution >= 4 is 27.8 Å². The number of benzene rings is 1. The Hall–Kier alpha value is -1.36. The Morgan fingerprint density at radius 3 is 2.62 bits per heavy atom. The van der Waals surface area contributed by atoms with Crippen LogP contribution in [0, 0.1) is 6.92 Å². The summed E-state index contributed by atoms with van der Waals surface area (Å²) in [4.78, 5) is 22.3. The molecule has 1 amide bonds. The van der Waals surface area contributed by atoms with Crippen LogP contribution in [0.1, 0.15) is 22.8 Å². The number of carbonyl (C=O) groups is 2. The molecule has 0 saturated carbocycles. The van der Waals surface area contributed by atoms with Gasteiger partial charge in [0.2, 0.25) is 0 Å². The molecule has 4 nitrogen and oxygen atoms in total. The maximum Gasteiger partial charge on any atom is 0.325 e. The normalized spacial score (nSPS) is 11.9. The summed E-state index contributed by atoms with van der Waals surface area (Å²) >= 11 is 3.31. The fraction of sp³-hybridized carbons (Fsp3) is 0.273. The zero-order valence-electron chi connectivity index (χ0n) is 8.95. The number of halogens is 1. The van der Waals surface area contributed by atoms with Crippen LogP contribution in [0.4, 0.5) is 0 Å². The van der Waals surface area contributed by atoms with E-state index in [1.54, 1.807) is 19.1 Å². The largest absolute Gasteiger partial charge is 0.480 e. The third-order valence-corrected chi connectivity index (χ3v) is 3.09. The Kier molecular flexibility index (Phi) is 4.06. The Balaban J connectivity index is 2.89. The Bertz CT molecular complexity index is 431. The van der Waals surface area contributed by atoms with Crippen LogP contribution >= 0.6 is 15.9 Å². The summed E-state index contributed by atoms with van der Waals surface area (Å²) in [7, 11) is 0. The van der Waals surface area contributed by atoms with Gasteiger partial charge < -0.3 is 10.4 Å². The molecule has 1 unspecified atom stereocenters. The molecule has 1 aromatic carbocycles. The van der Waals surface area contributed by atoms with Crippen molar-refractivity contribution in [1.82, 2.24) is 5.32 Å². The minimum Gasteiger partial charge on any atom is -0.480 e. The third kappa shape index (κ3) is 2.82.